The summed E-state index contributed by atoms with van der Waals surface area (Å²) in [5, 5.41) is 2.17. The van der Waals surface area contributed by atoms with Gasteiger partial charge in [0, 0.05) is 6.04 Å². The molecule has 3 rings (SSSR count). The highest BCUT2D eigenvalue weighted by Gasteiger charge is 2.32. The minimum absolute atomic E-state index is 0.328. The number of nitrogens with zero attached hydrogens (tertiary/aromatic N) is 1. The molecule has 0 radical (unpaired) electrons. The molecule has 100 valence electrons. The summed E-state index contributed by atoms with van der Waals surface area (Å²) in [6.45, 7) is 0.614. The third-order valence-electron chi connectivity index (χ3n) is 3.80. The van der Waals surface area contributed by atoms with Crippen molar-refractivity contribution in [3.63, 3.8) is 0 Å². The number of hydrazine groups is 1. The fraction of sp³-hybridized carbons (Fsp3) is 0.222. The van der Waals surface area contributed by atoms with Crippen LogP contribution in [0.5, 0.6) is 0 Å². The van der Waals surface area contributed by atoms with Gasteiger partial charge in [-0.25, -0.2) is 10.4 Å². The molecule has 0 aliphatic carbocycles. The van der Waals surface area contributed by atoms with Crippen molar-refractivity contribution in [2.45, 2.75) is 18.5 Å². The van der Waals surface area contributed by atoms with E-state index in [4.69, 9.17) is 6.42 Å². The second-order valence-electron chi connectivity index (χ2n) is 5.09. The van der Waals surface area contributed by atoms with Crippen LogP contribution < -0.4 is 5.43 Å². The van der Waals surface area contributed by atoms with Crippen LogP contribution in [0.2, 0.25) is 0 Å². The summed E-state index contributed by atoms with van der Waals surface area (Å²) in [5.41, 5.74) is 6.17. The second-order valence-corrected chi connectivity index (χ2v) is 5.09. The lowest BCUT2D eigenvalue weighted by atomic mass is 9.97. The molecule has 0 saturated carbocycles. The summed E-state index contributed by atoms with van der Waals surface area (Å²) >= 11 is 0. The number of hydrogen-bond donors (Lipinski definition) is 1. The lowest BCUT2D eigenvalue weighted by Gasteiger charge is -2.22. The molecule has 2 aromatic carbocycles. The maximum Gasteiger partial charge on any atom is 0.0747 e. The number of hydrogen-bond acceptors (Lipinski definition) is 2. The molecule has 0 spiro atoms. The van der Waals surface area contributed by atoms with E-state index in [0.717, 1.165) is 6.42 Å². The van der Waals surface area contributed by atoms with E-state index in [-0.39, 0.29) is 0 Å². The maximum atomic E-state index is 5.50. The molecular weight excluding hydrogens is 244 g/mol. The zero-order chi connectivity index (χ0) is 13.8. The van der Waals surface area contributed by atoms with Gasteiger partial charge in [0.15, 0.2) is 0 Å². The zero-order valence-electron chi connectivity index (χ0n) is 11.4. The Bertz CT molecular complexity index is 586. The van der Waals surface area contributed by atoms with Crippen LogP contribution in [0.1, 0.15) is 29.6 Å². The molecule has 1 heterocycles. The second kappa shape index (κ2) is 5.92. The van der Waals surface area contributed by atoms with Crippen LogP contribution in [0.3, 0.4) is 0 Å². The number of nitrogens with one attached hydrogen (secondary N) is 1. The highest BCUT2D eigenvalue weighted by atomic mass is 15.6. The normalized spacial score (nSPS) is 22.6. The van der Waals surface area contributed by atoms with E-state index < -0.39 is 0 Å². The minimum Gasteiger partial charge on any atom is -0.246 e. The van der Waals surface area contributed by atoms with Gasteiger partial charge in [-0.1, -0.05) is 66.6 Å². The van der Waals surface area contributed by atoms with Crippen LogP contribution in [0.15, 0.2) is 60.7 Å². The Kier molecular flexibility index (Phi) is 3.83. The average molecular weight is 262 g/mol. The van der Waals surface area contributed by atoms with Crippen LogP contribution >= 0.6 is 0 Å². The predicted octanol–water partition coefficient (Wildman–Crippen LogP) is 3.31. The number of benzene rings is 2. The van der Waals surface area contributed by atoms with Crippen molar-refractivity contribution in [2.75, 3.05) is 6.54 Å². The van der Waals surface area contributed by atoms with Crippen LogP contribution in [-0.4, -0.2) is 11.6 Å². The van der Waals surface area contributed by atoms with Crippen molar-refractivity contribution in [2.24, 2.45) is 0 Å². The van der Waals surface area contributed by atoms with E-state index in [2.05, 4.69) is 64.9 Å². The molecule has 1 N–H and O–H groups in total. The van der Waals surface area contributed by atoms with E-state index in [1.165, 1.54) is 11.1 Å². The van der Waals surface area contributed by atoms with Gasteiger partial charge in [0.25, 0.3) is 0 Å². The highest BCUT2D eigenvalue weighted by Crippen LogP contribution is 2.36. The molecule has 0 amide bonds. The quantitative estimate of drug-likeness (QED) is 0.854. The van der Waals surface area contributed by atoms with Crippen molar-refractivity contribution in [3.05, 3.63) is 71.8 Å². The smallest absolute Gasteiger partial charge is 0.0747 e. The summed E-state index contributed by atoms with van der Waals surface area (Å²) in [7, 11) is 0. The first-order valence-corrected chi connectivity index (χ1v) is 6.94. The van der Waals surface area contributed by atoms with Gasteiger partial charge in [0.1, 0.15) is 0 Å². The van der Waals surface area contributed by atoms with Gasteiger partial charge in [-0.2, -0.15) is 0 Å². The van der Waals surface area contributed by atoms with Gasteiger partial charge in [-0.3, -0.25) is 0 Å². The molecule has 2 atom stereocenters. The van der Waals surface area contributed by atoms with Crippen molar-refractivity contribution >= 4 is 0 Å². The molecule has 1 fully saturated rings. The van der Waals surface area contributed by atoms with Crippen LogP contribution in [0.4, 0.5) is 0 Å². The van der Waals surface area contributed by atoms with Crippen molar-refractivity contribution in [3.8, 4) is 12.3 Å². The number of terminal acetylenes is 1. The molecule has 2 unspecified atom stereocenters. The van der Waals surface area contributed by atoms with E-state index >= 15 is 0 Å². The first-order valence-electron chi connectivity index (χ1n) is 6.94. The molecule has 2 heteroatoms. The van der Waals surface area contributed by atoms with Crippen molar-refractivity contribution < 1.29 is 0 Å². The summed E-state index contributed by atoms with van der Waals surface area (Å²) in [4.78, 5) is 0. The fourth-order valence-corrected chi connectivity index (χ4v) is 2.83. The first kappa shape index (κ1) is 12.9. The maximum absolute atomic E-state index is 5.50. The first-order chi connectivity index (χ1) is 9.88. The van der Waals surface area contributed by atoms with Crippen molar-refractivity contribution in [1.29, 1.82) is 0 Å². The summed E-state index contributed by atoms with van der Waals surface area (Å²) in [5.74, 6) is 2.74. The molecule has 2 aromatic rings. The predicted molar refractivity (Wildman–Crippen MR) is 81.7 cm³/mol. The van der Waals surface area contributed by atoms with E-state index in [9.17, 15) is 0 Å². The average Bonchev–Trinajstić information content (AvgIpc) is 2.94. The van der Waals surface area contributed by atoms with E-state index in [0.29, 0.717) is 18.6 Å². The molecule has 0 aromatic heterocycles. The van der Waals surface area contributed by atoms with Crippen LogP contribution in [0.25, 0.3) is 0 Å². The Hall–Kier alpha value is -2.08. The Morgan fingerprint density at radius 2 is 1.60 bits per heavy atom. The molecule has 0 bridgehead atoms. The summed E-state index contributed by atoms with van der Waals surface area (Å²) < 4.78 is 0. The summed E-state index contributed by atoms with van der Waals surface area (Å²) in [6.07, 6.45) is 6.54. The Morgan fingerprint density at radius 3 is 2.20 bits per heavy atom. The minimum atomic E-state index is 0.328. The van der Waals surface area contributed by atoms with Gasteiger partial charge < -0.3 is 0 Å². The van der Waals surface area contributed by atoms with Gasteiger partial charge in [-0.05, 0) is 17.5 Å². The fourth-order valence-electron chi connectivity index (χ4n) is 2.83. The van der Waals surface area contributed by atoms with Crippen LogP contribution in [0, 0.1) is 12.3 Å². The van der Waals surface area contributed by atoms with Gasteiger partial charge >= 0.3 is 0 Å². The third kappa shape index (κ3) is 2.60. The lowest BCUT2D eigenvalue weighted by Crippen LogP contribution is -2.34. The van der Waals surface area contributed by atoms with Crippen LogP contribution in [-0.2, 0) is 0 Å². The zero-order valence-corrected chi connectivity index (χ0v) is 11.4. The standard InChI is InChI=1S/C18H18N2/c1-2-13-20-18(16-11-7-4-8-12-16)14-17(19-20)15-9-5-3-6-10-15/h1,3-12,17-19H,13-14H2. The molecular formula is C18H18N2. The highest BCUT2D eigenvalue weighted by molar-refractivity contribution is 5.25. The molecule has 1 saturated heterocycles. The number of rotatable bonds is 3. The molecule has 20 heavy (non-hydrogen) atoms. The SMILES string of the molecule is C#CCN1NC(c2ccccc2)CC1c1ccccc1. The largest absolute Gasteiger partial charge is 0.246 e. The summed E-state index contributed by atoms with van der Waals surface area (Å²) in [6, 6.07) is 21.8. The van der Waals surface area contributed by atoms with Gasteiger partial charge in [-0.15, -0.1) is 6.42 Å². The third-order valence-corrected chi connectivity index (χ3v) is 3.80. The Balaban J connectivity index is 1.85. The monoisotopic (exact) mass is 262 g/mol. The van der Waals surface area contributed by atoms with E-state index in [1.807, 2.05) is 12.1 Å². The van der Waals surface area contributed by atoms with Gasteiger partial charge in [0.2, 0.25) is 0 Å². The Labute approximate surface area is 120 Å². The van der Waals surface area contributed by atoms with E-state index in [1.54, 1.807) is 0 Å². The Morgan fingerprint density at radius 1 is 1.00 bits per heavy atom. The molecule has 2 nitrogen and oxygen atoms in total. The van der Waals surface area contributed by atoms with Gasteiger partial charge in [0.05, 0.1) is 12.6 Å². The topological polar surface area (TPSA) is 15.3 Å². The van der Waals surface area contributed by atoms with Crippen molar-refractivity contribution in [1.82, 2.24) is 10.4 Å². The molecule has 1 aliphatic heterocycles. The molecule has 1 aliphatic rings. The lowest BCUT2D eigenvalue weighted by molar-refractivity contribution is 0.206.